The van der Waals surface area contributed by atoms with E-state index >= 15 is 0 Å². The molecule has 1 aromatic rings. The minimum Gasteiger partial charge on any atom is -0.496 e. The predicted molar refractivity (Wildman–Crippen MR) is 72.7 cm³/mol. The van der Waals surface area contributed by atoms with Gasteiger partial charge >= 0.3 is 0 Å². The summed E-state index contributed by atoms with van der Waals surface area (Å²) in [6.07, 6.45) is 2.36. The molecule has 3 nitrogen and oxygen atoms in total. The summed E-state index contributed by atoms with van der Waals surface area (Å²) in [6.45, 7) is 3.08. The van der Waals surface area contributed by atoms with Crippen LogP contribution in [0.1, 0.15) is 18.4 Å². The van der Waals surface area contributed by atoms with Gasteiger partial charge in [-0.05, 0) is 25.5 Å². The van der Waals surface area contributed by atoms with E-state index < -0.39 is 0 Å². The summed E-state index contributed by atoms with van der Waals surface area (Å²) >= 11 is 0. The number of hydrogen-bond donors (Lipinski definition) is 1. The molecule has 96 valence electrons. The Bertz CT molecular complexity index is 346. The normalized spacial score (nSPS) is 20.7. The van der Waals surface area contributed by atoms with Crippen molar-refractivity contribution in [3.05, 3.63) is 29.8 Å². The van der Waals surface area contributed by atoms with E-state index in [4.69, 9.17) is 10.5 Å². The molecule has 0 bridgehead atoms. The van der Waals surface area contributed by atoms with Crippen LogP contribution in [0.15, 0.2) is 24.3 Å². The summed E-state index contributed by atoms with van der Waals surface area (Å²) < 4.78 is 5.36. The highest BCUT2D eigenvalue weighted by Gasteiger charge is 2.17. The van der Waals surface area contributed by atoms with Crippen LogP contribution in [-0.2, 0) is 6.54 Å². The summed E-state index contributed by atoms with van der Waals surface area (Å²) in [7, 11) is 1.72. The smallest absolute Gasteiger partial charge is 0.123 e. The van der Waals surface area contributed by atoms with Gasteiger partial charge in [0.25, 0.3) is 0 Å². The van der Waals surface area contributed by atoms with Crippen molar-refractivity contribution in [1.29, 1.82) is 0 Å². The van der Waals surface area contributed by atoms with Crippen molar-refractivity contribution >= 4 is 12.4 Å². The molecule has 0 aliphatic carbocycles. The van der Waals surface area contributed by atoms with Gasteiger partial charge in [0.05, 0.1) is 7.11 Å². The van der Waals surface area contributed by atoms with Crippen LogP contribution < -0.4 is 10.5 Å². The lowest BCUT2D eigenvalue weighted by atomic mass is 10.1. The van der Waals surface area contributed by atoms with Crippen molar-refractivity contribution in [2.45, 2.75) is 25.4 Å². The Morgan fingerprint density at radius 3 is 2.88 bits per heavy atom. The van der Waals surface area contributed by atoms with E-state index in [-0.39, 0.29) is 12.4 Å². The van der Waals surface area contributed by atoms with Crippen LogP contribution in [0.25, 0.3) is 0 Å². The molecule has 0 spiro atoms. The van der Waals surface area contributed by atoms with E-state index in [1.165, 1.54) is 12.0 Å². The number of nitrogens with two attached hydrogens (primary N) is 1. The lowest BCUT2D eigenvalue weighted by molar-refractivity contribution is 0.199. The van der Waals surface area contributed by atoms with E-state index in [9.17, 15) is 0 Å². The van der Waals surface area contributed by atoms with Crippen molar-refractivity contribution in [3.8, 4) is 5.75 Å². The second-order valence-corrected chi connectivity index (χ2v) is 4.45. The third-order valence-electron chi connectivity index (χ3n) is 3.13. The topological polar surface area (TPSA) is 38.5 Å². The molecule has 1 heterocycles. The number of methoxy groups -OCH3 is 1. The maximum atomic E-state index is 5.98. The van der Waals surface area contributed by atoms with Gasteiger partial charge in [-0.25, -0.2) is 0 Å². The first kappa shape index (κ1) is 14.3. The summed E-state index contributed by atoms with van der Waals surface area (Å²) in [5, 5.41) is 0. The Kier molecular flexibility index (Phi) is 5.75. The molecular formula is C13H21ClN2O. The zero-order chi connectivity index (χ0) is 11.4. The van der Waals surface area contributed by atoms with Gasteiger partial charge in [0.1, 0.15) is 5.75 Å². The third kappa shape index (κ3) is 3.87. The Labute approximate surface area is 109 Å². The van der Waals surface area contributed by atoms with Crippen LogP contribution in [-0.4, -0.2) is 31.1 Å². The number of piperidine rings is 1. The van der Waals surface area contributed by atoms with Crippen molar-refractivity contribution in [3.63, 3.8) is 0 Å². The quantitative estimate of drug-likeness (QED) is 0.900. The van der Waals surface area contributed by atoms with Gasteiger partial charge in [0, 0.05) is 24.7 Å². The van der Waals surface area contributed by atoms with Gasteiger partial charge in [-0.1, -0.05) is 18.2 Å². The summed E-state index contributed by atoms with van der Waals surface area (Å²) in [5.41, 5.74) is 7.23. The highest BCUT2D eigenvalue weighted by molar-refractivity contribution is 5.85. The van der Waals surface area contributed by atoms with Gasteiger partial charge in [0.2, 0.25) is 0 Å². The van der Waals surface area contributed by atoms with Crippen LogP contribution in [0.4, 0.5) is 0 Å². The first-order valence-corrected chi connectivity index (χ1v) is 5.89. The molecule has 1 aliphatic heterocycles. The predicted octanol–water partition coefficient (Wildman–Crippen LogP) is 2.04. The van der Waals surface area contributed by atoms with Crippen molar-refractivity contribution in [1.82, 2.24) is 4.90 Å². The SMILES string of the molecule is COc1ccccc1CN1CCCC(N)C1.Cl. The molecule has 1 saturated heterocycles. The number of hydrogen-bond acceptors (Lipinski definition) is 3. The number of rotatable bonds is 3. The van der Waals surface area contributed by atoms with E-state index in [1.807, 2.05) is 12.1 Å². The molecule has 0 radical (unpaired) electrons. The van der Waals surface area contributed by atoms with E-state index in [0.717, 1.165) is 31.8 Å². The monoisotopic (exact) mass is 256 g/mol. The Morgan fingerprint density at radius 2 is 2.18 bits per heavy atom. The Morgan fingerprint density at radius 1 is 1.41 bits per heavy atom. The molecule has 1 fully saturated rings. The second-order valence-electron chi connectivity index (χ2n) is 4.45. The van der Waals surface area contributed by atoms with Crippen LogP contribution in [0, 0.1) is 0 Å². The molecule has 2 N–H and O–H groups in total. The number of benzene rings is 1. The molecule has 4 heteroatoms. The van der Waals surface area contributed by atoms with Crippen LogP contribution in [0.2, 0.25) is 0 Å². The van der Waals surface area contributed by atoms with Crippen LogP contribution in [0.5, 0.6) is 5.75 Å². The standard InChI is InChI=1S/C13H20N2O.ClH/c1-16-13-7-3-2-5-11(13)9-15-8-4-6-12(14)10-15;/h2-3,5,7,12H,4,6,8-10,14H2,1H3;1H. The fraction of sp³-hybridized carbons (Fsp3) is 0.538. The minimum absolute atomic E-state index is 0. The maximum Gasteiger partial charge on any atom is 0.123 e. The van der Waals surface area contributed by atoms with E-state index in [1.54, 1.807) is 7.11 Å². The van der Waals surface area contributed by atoms with Crippen LogP contribution >= 0.6 is 12.4 Å². The van der Waals surface area contributed by atoms with E-state index in [2.05, 4.69) is 17.0 Å². The third-order valence-corrected chi connectivity index (χ3v) is 3.13. The number of ether oxygens (including phenoxy) is 1. The van der Waals surface area contributed by atoms with Gasteiger partial charge in [-0.3, -0.25) is 4.90 Å². The molecule has 1 aliphatic rings. The molecule has 0 saturated carbocycles. The lowest BCUT2D eigenvalue weighted by Crippen LogP contribution is -2.42. The fourth-order valence-corrected chi connectivity index (χ4v) is 2.31. The first-order valence-electron chi connectivity index (χ1n) is 5.89. The number of nitrogens with zero attached hydrogens (tertiary/aromatic N) is 1. The van der Waals surface area contributed by atoms with Crippen LogP contribution in [0.3, 0.4) is 0 Å². The van der Waals surface area contributed by atoms with E-state index in [0.29, 0.717) is 6.04 Å². The van der Waals surface area contributed by atoms with Crippen molar-refractivity contribution in [2.75, 3.05) is 20.2 Å². The zero-order valence-electron chi connectivity index (χ0n) is 10.3. The number of halogens is 1. The zero-order valence-corrected chi connectivity index (χ0v) is 11.1. The molecule has 1 unspecified atom stereocenters. The molecule has 1 aromatic carbocycles. The molecule has 17 heavy (non-hydrogen) atoms. The molecule has 2 rings (SSSR count). The highest BCUT2D eigenvalue weighted by Crippen LogP contribution is 2.20. The Hall–Kier alpha value is -0.770. The summed E-state index contributed by atoms with van der Waals surface area (Å²) in [4.78, 5) is 2.41. The fourth-order valence-electron chi connectivity index (χ4n) is 2.31. The van der Waals surface area contributed by atoms with Crippen molar-refractivity contribution in [2.24, 2.45) is 5.73 Å². The number of para-hydroxylation sites is 1. The molecule has 0 amide bonds. The lowest BCUT2D eigenvalue weighted by Gasteiger charge is -2.30. The molecule has 0 aromatic heterocycles. The van der Waals surface area contributed by atoms with Gasteiger partial charge in [0.15, 0.2) is 0 Å². The average molecular weight is 257 g/mol. The second kappa shape index (κ2) is 6.84. The average Bonchev–Trinajstić information content (AvgIpc) is 2.30. The Balaban J connectivity index is 0.00000144. The van der Waals surface area contributed by atoms with Crippen molar-refractivity contribution < 1.29 is 4.74 Å². The van der Waals surface area contributed by atoms with Gasteiger partial charge in [-0.15, -0.1) is 12.4 Å². The van der Waals surface area contributed by atoms with Gasteiger partial charge < -0.3 is 10.5 Å². The van der Waals surface area contributed by atoms with Gasteiger partial charge in [-0.2, -0.15) is 0 Å². The highest BCUT2D eigenvalue weighted by atomic mass is 35.5. The summed E-state index contributed by atoms with van der Waals surface area (Å²) in [6, 6.07) is 8.54. The largest absolute Gasteiger partial charge is 0.496 e. The maximum absolute atomic E-state index is 5.98. The minimum atomic E-state index is 0. The first-order chi connectivity index (χ1) is 7.79. The molecule has 1 atom stereocenters. The summed E-state index contributed by atoms with van der Waals surface area (Å²) in [5.74, 6) is 0.974. The number of likely N-dealkylation sites (tertiary alicyclic amines) is 1. The molecular weight excluding hydrogens is 236 g/mol.